The molecule has 4 nitrogen and oxygen atoms in total. The van der Waals surface area contributed by atoms with E-state index in [-0.39, 0.29) is 0 Å². The molecule has 0 aliphatic carbocycles. The van der Waals surface area contributed by atoms with Crippen molar-refractivity contribution >= 4 is 17.5 Å². The second kappa shape index (κ2) is 7.75. The van der Waals surface area contributed by atoms with Crippen LogP contribution in [0, 0.1) is 0 Å². The van der Waals surface area contributed by atoms with E-state index in [2.05, 4.69) is 9.88 Å². The highest BCUT2D eigenvalue weighted by Gasteiger charge is 2.15. The van der Waals surface area contributed by atoms with Gasteiger partial charge in [-0.25, -0.2) is 9.97 Å². The van der Waals surface area contributed by atoms with Crippen molar-refractivity contribution in [1.82, 2.24) is 9.97 Å². The van der Waals surface area contributed by atoms with Crippen LogP contribution in [-0.2, 0) is 6.61 Å². The first-order valence-corrected chi connectivity index (χ1v) is 9.21. The van der Waals surface area contributed by atoms with Crippen molar-refractivity contribution in [3.05, 3.63) is 71.4 Å². The van der Waals surface area contributed by atoms with Crippen LogP contribution in [0.2, 0.25) is 5.02 Å². The van der Waals surface area contributed by atoms with Gasteiger partial charge >= 0.3 is 0 Å². The van der Waals surface area contributed by atoms with Crippen LogP contribution in [-0.4, -0.2) is 23.1 Å². The van der Waals surface area contributed by atoms with Crippen LogP contribution in [0.5, 0.6) is 5.75 Å². The maximum absolute atomic E-state index is 5.90. The zero-order valence-electron chi connectivity index (χ0n) is 14.4. The molecule has 0 radical (unpaired) electrons. The summed E-state index contributed by atoms with van der Waals surface area (Å²) in [7, 11) is 0. The molecular weight excluding hydrogens is 346 g/mol. The summed E-state index contributed by atoms with van der Waals surface area (Å²) in [6, 6.07) is 17.7. The molecule has 3 aromatic rings. The average Bonchev–Trinajstić information content (AvgIpc) is 3.23. The van der Waals surface area contributed by atoms with Gasteiger partial charge in [0, 0.05) is 29.9 Å². The monoisotopic (exact) mass is 365 g/mol. The summed E-state index contributed by atoms with van der Waals surface area (Å²) in [6.45, 7) is 2.60. The fraction of sp³-hybridized carbons (Fsp3) is 0.238. The second-order valence-electron chi connectivity index (χ2n) is 6.38. The van der Waals surface area contributed by atoms with Gasteiger partial charge < -0.3 is 9.64 Å². The van der Waals surface area contributed by atoms with Crippen molar-refractivity contribution in [3.63, 3.8) is 0 Å². The minimum Gasteiger partial charge on any atom is -0.489 e. The van der Waals surface area contributed by atoms with Crippen molar-refractivity contribution in [2.45, 2.75) is 19.4 Å². The zero-order chi connectivity index (χ0) is 17.8. The first kappa shape index (κ1) is 16.9. The van der Waals surface area contributed by atoms with Crippen LogP contribution < -0.4 is 9.64 Å². The summed E-state index contributed by atoms with van der Waals surface area (Å²) < 4.78 is 5.84. The zero-order valence-corrected chi connectivity index (χ0v) is 15.2. The van der Waals surface area contributed by atoms with E-state index in [0.29, 0.717) is 6.61 Å². The van der Waals surface area contributed by atoms with Gasteiger partial charge in [0.15, 0.2) is 0 Å². The molecule has 132 valence electrons. The number of ether oxygens (including phenoxy) is 1. The number of hydrogen-bond acceptors (Lipinski definition) is 4. The summed E-state index contributed by atoms with van der Waals surface area (Å²) in [5.41, 5.74) is 3.09. The smallest absolute Gasteiger partial charge is 0.225 e. The highest BCUT2D eigenvalue weighted by Crippen LogP contribution is 2.24. The van der Waals surface area contributed by atoms with Gasteiger partial charge in [0.2, 0.25) is 5.95 Å². The Morgan fingerprint density at radius 2 is 1.65 bits per heavy atom. The van der Waals surface area contributed by atoms with E-state index in [1.807, 2.05) is 60.8 Å². The number of anilines is 1. The van der Waals surface area contributed by atoms with E-state index < -0.39 is 0 Å². The Labute approximate surface area is 158 Å². The fourth-order valence-electron chi connectivity index (χ4n) is 3.05. The molecule has 5 heteroatoms. The average molecular weight is 366 g/mol. The molecule has 0 bridgehead atoms. The lowest BCUT2D eigenvalue weighted by molar-refractivity contribution is 0.306. The minimum atomic E-state index is 0.517. The van der Waals surface area contributed by atoms with Gasteiger partial charge in [-0.3, -0.25) is 0 Å². The number of benzene rings is 2. The number of rotatable bonds is 5. The fourth-order valence-corrected chi connectivity index (χ4v) is 3.17. The molecule has 26 heavy (non-hydrogen) atoms. The third-order valence-electron chi connectivity index (χ3n) is 4.50. The predicted octanol–water partition coefficient (Wildman–Crippen LogP) is 4.98. The lowest BCUT2D eigenvalue weighted by atomic mass is 10.1. The van der Waals surface area contributed by atoms with Gasteiger partial charge in [0.1, 0.15) is 12.4 Å². The molecule has 0 N–H and O–H groups in total. The molecule has 1 saturated heterocycles. The van der Waals surface area contributed by atoms with Crippen molar-refractivity contribution < 1.29 is 4.74 Å². The first-order valence-electron chi connectivity index (χ1n) is 8.84. The van der Waals surface area contributed by atoms with E-state index in [1.165, 1.54) is 12.8 Å². The van der Waals surface area contributed by atoms with Gasteiger partial charge in [0.05, 0.1) is 5.69 Å². The Bertz CT molecular complexity index is 859. The SMILES string of the molecule is Clc1ccc(COc2ccc(-c3ccnc(N4CCCC4)n3)cc2)cc1. The molecule has 1 fully saturated rings. The lowest BCUT2D eigenvalue weighted by Crippen LogP contribution is -2.20. The van der Waals surface area contributed by atoms with Crippen LogP contribution in [0.1, 0.15) is 18.4 Å². The number of halogens is 1. The molecule has 0 unspecified atom stereocenters. The van der Waals surface area contributed by atoms with Gasteiger partial charge in [-0.05, 0) is 60.9 Å². The Morgan fingerprint density at radius 3 is 2.38 bits per heavy atom. The normalized spacial score (nSPS) is 13.8. The summed E-state index contributed by atoms with van der Waals surface area (Å²) in [5.74, 6) is 1.65. The van der Waals surface area contributed by atoms with E-state index in [4.69, 9.17) is 21.3 Å². The lowest BCUT2D eigenvalue weighted by Gasteiger charge is -2.15. The highest BCUT2D eigenvalue weighted by atomic mass is 35.5. The Morgan fingerprint density at radius 1 is 0.923 bits per heavy atom. The van der Waals surface area contributed by atoms with Crippen LogP contribution in [0.3, 0.4) is 0 Å². The van der Waals surface area contributed by atoms with E-state index in [0.717, 1.165) is 46.6 Å². The molecule has 1 aliphatic rings. The Hall–Kier alpha value is -2.59. The molecule has 0 atom stereocenters. The Balaban J connectivity index is 1.44. The molecule has 0 spiro atoms. The summed E-state index contributed by atoms with van der Waals surface area (Å²) in [5, 5.41) is 0.733. The first-order chi connectivity index (χ1) is 12.8. The van der Waals surface area contributed by atoms with E-state index in [9.17, 15) is 0 Å². The van der Waals surface area contributed by atoms with Crippen LogP contribution in [0.15, 0.2) is 60.8 Å². The largest absolute Gasteiger partial charge is 0.489 e. The Kier molecular flexibility index (Phi) is 5.02. The van der Waals surface area contributed by atoms with Crippen molar-refractivity contribution in [2.24, 2.45) is 0 Å². The summed E-state index contributed by atoms with van der Waals surface area (Å²) >= 11 is 5.90. The molecular formula is C21H20ClN3O. The topological polar surface area (TPSA) is 38.2 Å². The van der Waals surface area contributed by atoms with Crippen molar-refractivity contribution in [1.29, 1.82) is 0 Å². The molecule has 4 rings (SSSR count). The molecule has 2 heterocycles. The van der Waals surface area contributed by atoms with Crippen molar-refractivity contribution in [3.8, 4) is 17.0 Å². The maximum Gasteiger partial charge on any atom is 0.225 e. The standard InChI is InChI=1S/C21H20ClN3O/c22-18-7-3-16(4-8-18)15-26-19-9-5-17(6-10-19)20-11-12-23-21(24-20)25-13-1-2-14-25/h3-12H,1-2,13-15H2. The third kappa shape index (κ3) is 3.97. The van der Waals surface area contributed by atoms with Crippen LogP contribution in [0.25, 0.3) is 11.3 Å². The van der Waals surface area contributed by atoms with E-state index in [1.54, 1.807) is 0 Å². The van der Waals surface area contributed by atoms with Crippen molar-refractivity contribution in [2.75, 3.05) is 18.0 Å². The van der Waals surface area contributed by atoms with E-state index >= 15 is 0 Å². The maximum atomic E-state index is 5.90. The number of hydrogen-bond donors (Lipinski definition) is 0. The molecule has 0 amide bonds. The van der Waals surface area contributed by atoms with Gasteiger partial charge in [-0.2, -0.15) is 0 Å². The van der Waals surface area contributed by atoms with Crippen LogP contribution >= 0.6 is 11.6 Å². The number of nitrogens with zero attached hydrogens (tertiary/aromatic N) is 3. The van der Waals surface area contributed by atoms with Gasteiger partial charge in [-0.15, -0.1) is 0 Å². The minimum absolute atomic E-state index is 0.517. The molecule has 1 aromatic heterocycles. The number of aromatic nitrogens is 2. The van der Waals surface area contributed by atoms with Gasteiger partial charge in [0.25, 0.3) is 0 Å². The summed E-state index contributed by atoms with van der Waals surface area (Å²) in [6.07, 6.45) is 4.27. The second-order valence-corrected chi connectivity index (χ2v) is 6.81. The van der Waals surface area contributed by atoms with Crippen LogP contribution in [0.4, 0.5) is 5.95 Å². The highest BCUT2D eigenvalue weighted by molar-refractivity contribution is 6.30. The quantitative estimate of drug-likeness (QED) is 0.639. The van der Waals surface area contributed by atoms with Gasteiger partial charge in [-0.1, -0.05) is 23.7 Å². The molecule has 2 aromatic carbocycles. The predicted molar refractivity (Wildman–Crippen MR) is 105 cm³/mol. The summed E-state index contributed by atoms with van der Waals surface area (Å²) in [4.78, 5) is 11.4. The molecule has 0 saturated carbocycles. The third-order valence-corrected chi connectivity index (χ3v) is 4.75. The molecule has 1 aliphatic heterocycles.